The van der Waals surface area contributed by atoms with Gasteiger partial charge in [0, 0.05) is 10.9 Å². The largest absolute Gasteiger partial charge is 0.457 e. The van der Waals surface area contributed by atoms with Crippen molar-refractivity contribution in [1.29, 1.82) is 0 Å². The van der Waals surface area contributed by atoms with Gasteiger partial charge >= 0.3 is 0 Å². The molecule has 0 aliphatic rings. The molecule has 0 amide bonds. The summed E-state index contributed by atoms with van der Waals surface area (Å²) in [5, 5.41) is 0.659. The normalized spacial score (nSPS) is 13.6. The van der Waals surface area contributed by atoms with E-state index in [-0.39, 0.29) is 11.2 Å². The maximum absolute atomic E-state index is 14.1. The van der Waals surface area contributed by atoms with Gasteiger partial charge in [0.05, 0.1) is 0 Å². The third kappa shape index (κ3) is 2.93. The van der Waals surface area contributed by atoms with Gasteiger partial charge in [-0.25, -0.2) is 13.2 Å². The first-order chi connectivity index (χ1) is 11.3. The van der Waals surface area contributed by atoms with Gasteiger partial charge in [-0.1, -0.05) is 57.2 Å². The molecule has 0 bridgehead atoms. The third-order valence-corrected chi connectivity index (χ3v) is 4.12. The Hall–Kier alpha value is -2.23. The molecule has 1 unspecified atom stereocenters. The van der Waals surface area contributed by atoms with Gasteiger partial charge in [0.2, 0.25) is 6.17 Å². The molecular weight excluding hydrogens is 313 g/mol. The van der Waals surface area contributed by atoms with Crippen molar-refractivity contribution < 1.29 is 17.6 Å². The number of rotatable bonds is 3. The smallest absolute Gasteiger partial charge is 0.276 e. The first kappa shape index (κ1) is 16.6. The van der Waals surface area contributed by atoms with Crippen LogP contribution in [0.2, 0.25) is 0 Å². The maximum Gasteiger partial charge on any atom is 0.276 e. The van der Waals surface area contributed by atoms with Crippen molar-refractivity contribution in [2.24, 2.45) is 0 Å². The van der Waals surface area contributed by atoms with Crippen LogP contribution in [0.5, 0.6) is 0 Å². The lowest BCUT2D eigenvalue weighted by molar-refractivity contribution is 0.0389. The third-order valence-electron chi connectivity index (χ3n) is 4.12. The number of halogens is 3. The van der Waals surface area contributed by atoms with Crippen molar-refractivity contribution in [1.82, 2.24) is 0 Å². The first-order valence-electron chi connectivity index (χ1n) is 7.83. The number of hydrogen-bond donors (Lipinski definition) is 0. The van der Waals surface area contributed by atoms with E-state index in [9.17, 15) is 13.2 Å². The molecule has 0 fully saturated rings. The Labute approximate surface area is 139 Å². The minimum absolute atomic E-state index is 0.114. The van der Waals surface area contributed by atoms with Crippen LogP contribution in [0.1, 0.15) is 38.3 Å². The second-order valence-electron chi connectivity index (χ2n) is 6.90. The predicted molar refractivity (Wildman–Crippen MR) is 90.2 cm³/mol. The monoisotopic (exact) mass is 332 g/mol. The van der Waals surface area contributed by atoms with Gasteiger partial charge in [0.25, 0.3) is 6.43 Å². The second kappa shape index (κ2) is 6.00. The molecular formula is C20H19F3O. The lowest BCUT2D eigenvalue weighted by atomic mass is 9.86. The van der Waals surface area contributed by atoms with E-state index in [4.69, 9.17) is 4.42 Å². The van der Waals surface area contributed by atoms with E-state index in [1.165, 1.54) is 0 Å². The fraction of sp³-hybridized carbons (Fsp3) is 0.300. The molecule has 2 aromatic carbocycles. The highest BCUT2D eigenvalue weighted by Crippen LogP contribution is 2.42. The number of furan rings is 1. The van der Waals surface area contributed by atoms with Crippen LogP contribution in [0.4, 0.5) is 13.2 Å². The van der Waals surface area contributed by atoms with E-state index >= 15 is 0 Å². The van der Waals surface area contributed by atoms with Crippen LogP contribution in [0, 0.1) is 0 Å². The van der Waals surface area contributed by atoms with Crippen LogP contribution in [-0.4, -0.2) is 6.43 Å². The number of hydrogen-bond acceptors (Lipinski definition) is 1. The summed E-state index contributed by atoms with van der Waals surface area (Å²) in [6, 6.07) is 14.5. The highest BCUT2D eigenvalue weighted by atomic mass is 19.3. The molecule has 3 rings (SSSR count). The van der Waals surface area contributed by atoms with Crippen molar-refractivity contribution >= 4 is 11.0 Å². The molecule has 1 atom stereocenters. The van der Waals surface area contributed by atoms with E-state index in [0.29, 0.717) is 22.1 Å². The standard InChI is InChI=1S/C20H19F3O/c1-20(2,3)13-9-10-15-14(11-13)16(12-7-5-4-6-8-12)18(24-15)17(21)19(22)23/h4-11,17,19H,1-3H3. The molecule has 0 aliphatic heterocycles. The lowest BCUT2D eigenvalue weighted by Gasteiger charge is -2.18. The molecule has 0 spiro atoms. The average molecular weight is 332 g/mol. The number of benzene rings is 2. The second-order valence-corrected chi connectivity index (χ2v) is 6.90. The van der Waals surface area contributed by atoms with Gasteiger partial charge in [0.1, 0.15) is 5.58 Å². The Morgan fingerprint density at radius 3 is 2.17 bits per heavy atom. The summed E-state index contributed by atoms with van der Waals surface area (Å²) >= 11 is 0. The molecule has 1 nitrogen and oxygen atoms in total. The first-order valence-corrected chi connectivity index (χ1v) is 7.83. The summed E-state index contributed by atoms with van der Waals surface area (Å²) < 4.78 is 45.6. The predicted octanol–water partition coefficient (Wildman–Crippen LogP) is 6.67. The van der Waals surface area contributed by atoms with Crippen LogP contribution in [0.3, 0.4) is 0 Å². The Balaban J connectivity index is 2.31. The Kier molecular flexibility index (Phi) is 4.16. The van der Waals surface area contributed by atoms with E-state index in [1.54, 1.807) is 30.3 Å². The lowest BCUT2D eigenvalue weighted by Crippen LogP contribution is -2.10. The fourth-order valence-electron chi connectivity index (χ4n) is 2.79. The minimum atomic E-state index is -3.13. The van der Waals surface area contributed by atoms with Gasteiger partial charge in [-0.15, -0.1) is 0 Å². The molecule has 0 aliphatic carbocycles. The van der Waals surface area contributed by atoms with Gasteiger partial charge in [-0.2, -0.15) is 0 Å². The average Bonchev–Trinajstić information content (AvgIpc) is 2.92. The van der Waals surface area contributed by atoms with Gasteiger partial charge in [-0.05, 0) is 28.7 Å². The zero-order valence-corrected chi connectivity index (χ0v) is 13.8. The van der Waals surface area contributed by atoms with E-state index in [0.717, 1.165) is 5.56 Å². The summed E-state index contributed by atoms with van der Waals surface area (Å²) in [7, 11) is 0. The van der Waals surface area contributed by atoms with Crippen LogP contribution in [-0.2, 0) is 5.41 Å². The molecule has 4 heteroatoms. The molecule has 3 aromatic rings. The van der Waals surface area contributed by atoms with Crippen molar-refractivity contribution in [2.75, 3.05) is 0 Å². The SMILES string of the molecule is CC(C)(C)c1ccc2oc(C(F)C(F)F)c(-c3ccccc3)c2c1. The van der Waals surface area contributed by atoms with Crippen LogP contribution in [0.25, 0.3) is 22.1 Å². The number of fused-ring (bicyclic) bond motifs is 1. The number of alkyl halides is 3. The molecule has 126 valence electrons. The van der Waals surface area contributed by atoms with E-state index < -0.39 is 12.6 Å². The fourth-order valence-corrected chi connectivity index (χ4v) is 2.79. The summed E-state index contributed by atoms with van der Waals surface area (Å²) in [5.74, 6) is -0.308. The highest BCUT2D eigenvalue weighted by molar-refractivity contribution is 5.96. The van der Waals surface area contributed by atoms with Gasteiger partial charge in [0.15, 0.2) is 5.76 Å². The van der Waals surface area contributed by atoms with E-state index in [1.807, 2.05) is 18.2 Å². The molecule has 0 N–H and O–H groups in total. The van der Waals surface area contributed by atoms with Crippen LogP contribution >= 0.6 is 0 Å². The molecule has 24 heavy (non-hydrogen) atoms. The molecule has 0 radical (unpaired) electrons. The summed E-state index contributed by atoms with van der Waals surface area (Å²) in [4.78, 5) is 0. The van der Waals surface area contributed by atoms with Crippen LogP contribution < -0.4 is 0 Å². The van der Waals surface area contributed by atoms with Gasteiger partial charge in [-0.3, -0.25) is 0 Å². The molecule has 1 aromatic heterocycles. The van der Waals surface area contributed by atoms with Crippen molar-refractivity contribution in [3.63, 3.8) is 0 Å². The van der Waals surface area contributed by atoms with E-state index in [2.05, 4.69) is 20.8 Å². The quantitative estimate of drug-likeness (QED) is 0.522. The zero-order chi connectivity index (χ0) is 17.5. The van der Waals surface area contributed by atoms with Crippen LogP contribution in [0.15, 0.2) is 52.9 Å². The molecule has 0 saturated heterocycles. The molecule has 1 heterocycles. The topological polar surface area (TPSA) is 13.1 Å². The zero-order valence-electron chi connectivity index (χ0n) is 13.8. The molecule has 0 saturated carbocycles. The minimum Gasteiger partial charge on any atom is -0.457 e. The summed E-state index contributed by atoms with van der Waals surface area (Å²) in [6.45, 7) is 6.19. The maximum atomic E-state index is 14.1. The van der Waals surface area contributed by atoms with Gasteiger partial charge < -0.3 is 4.42 Å². The summed E-state index contributed by atoms with van der Waals surface area (Å²) in [5.41, 5.74) is 2.41. The van der Waals surface area contributed by atoms with Crippen molar-refractivity contribution in [2.45, 2.75) is 38.8 Å². The highest BCUT2D eigenvalue weighted by Gasteiger charge is 2.31. The Bertz CT molecular complexity index is 844. The van der Waals surface area contributed by atoms with Crippen molar-refractivity contribution in [3.05, 3.63) is 59.9 Å². The Morgan fingerprint density at radius 2 is 1.58 bits per heavy atom. The summed E-state index contributed by atoms with van der Waals surface area (Å²) in [6.07, 6.45) is -5.58. The van der Waals surface area contributed by atoms with Crippen molar-refractivity contribution in [3.8, 4) is 11.1 Å². The Morgan fingerprint density at radius 1 is 0.917 bits per heavy atom.